The molecule has 0 aliphatic carbocycles. The molecule has 0 saturated heterocycles. The number of hydrogen-bond acceptors (Lipinski definition) is 5. The summed E-state index contributed by atoms with van der Waals surface area (Å²) in [6.07, 6.45) is 1.75. The minimum absolute atomic E-state index is 0. The van der Waals surface area contributed by atoms with Crippen LogP contribution >= 0.6 is 0 Å². The van der Waals surface area contributed by atoms with Crippen LogP contribution in [-0.2, 0) is 21.1 Å². The normalized spacial score (nSPS) is 10.8. The predicted molar refractivity (Wildman–Crippen MR) is 127 cm³/mol. The number of rotatable bonds is 4. The van der Waals surface area contributed by atoms with E-state index in [1.165, 1.54) is 0 Å². The predicted octanol–water partition coefficient (Wildman–Crippen LogP) is 5.93. The van der Waals surface area contributed by atoms with Gasteiger partial charge >= 0.3 is 6.01 Å². The van der Waals surface area contributed by atoms with Crippen molar-refractivity contribution in [3.8, 4) is 34.7 Å². The number of aromatic nitrogens is 4. The van der Waals surface area contributed by atoms with Crippen LogP contribution in [0.15, 0.2) is 97.2 Å². The fourth-order valence-corrected chi connectivity index (χ4v) is 3.87. The molecule has 0 spiro atoms. The van der Waals surface area contributed by atoms with Crippen molar-refractivity contribution < 1.29 is 30.9 Å². The van der Waals surface area contributed by atoms with Crippen molar-refractivity contribution in [2.75, 3.05) is 0 Å². The van der Waals surface area contributed by atoms with Crippen molar-refractivity contribution in [3.63, 3.8) is 0 Å². The molecule has 0 unspecified atom stereocenters. The molecule has 0 aliphatic rings. The average molecular weight is 625 g/mol. The molecule has 0 radical (unpaired) electrons. The Morgan fingerprint density at radius 2 is 1.65 bits per heavy atom. The summed E-state index contributed by atoms with van der Waals surface area (Å²) >= 11 is 0. The Kier molecular flexibility index (Phi) is 5.82. The summed E-state index contributed by atoms with van der Waals surface area (Å²) in [4.78, 5) is 13.4. The molecule has 0 amide bonds. The van der Waals surface area contributed by atoms with Gasteiger partial charge in [-0.15, -0.1) is 23.8 Å². The van der Waals surface area contributed by atoms with E-state index in [1.54, 1.807) is 10.8 Å². The number of nitrogens with zero attached hydrogens (tertiary/aromatic N) is 4. The molecule has 0 aliphatic heterocycles. The number of hydrogen-bond donors (Lipinski definition) is 1. The first-order valence-corrected chi connectivity index (χ1v) is 10.4. The van der Waals surface area contributed by atoms with Crippen molar-refractivity contribution >= 4 is 21.8 Å². The molecular formula is C27H17N4O2Pt-. The second-order valence-corrected chi connectivity index (χ2v) is 7.49. The van der Waals surface area contributed by atoms with E-state index in [2.05, 4.69) is 16.0 Å². The van der Waals surface area contributed by atoms with Crippen molar-refractivity contribution in [2.24, 2.45) is 0 Å². The molecule has 3 aromatic carbocycles. The van der Waals surface area contributed by atoms with Crippen molar-refractivity contribution in [1.29, 1.82) is 0 Å². The Bertz CT molecular complexity index is 1620. The van der Waals surface area contributed by atoms with Crippen LogP contribution in [0.1, 0.15) is 0 Å². The molecular weight excluding hydrogens is 607 g/mol. The summed E-state index contributed by atoms with van der Waals surface area (Å²) < 4.78 is 7.85. The number of ether oxygens (including phenoxy) is 1. The van der Waals surface area contributed by atoms with Crippen LogP contribution < -0.4 is 4.74 Å². The quantitative estimate of drug-likeness (QED) is 0.246. The van der Waals surface area contributed by atoms with Gasteiger partial charge in [-0.3, -0.25) is 0 Å². The van der Waals surface area contributed by atoms with Crippen LogP contribution in [0, 0.1) is 6.07 Å². The van der Waals surface area contributed by atoms with Gasteiger partial charge in [0.05, 0.1) is 11.0 Å². The number of para-hydroxylation sites is 2. The smallest absolute Gasteiger partial charge is 0.300 e. The van der Waals surface area contributed by atoms with Crippen LogP contribution in [0.25, 0.3) is 38.9 Å². The molecule has 3 aromatic heterocycles. The van der Waals surface area contributed by atoms with E-state index in [4.69, 9.17) is 9.72 Å². The van der Waals surface area contributed by atoms with Gasteiger partial charge in [0.2, 0.25) is 5.88 Å². The first kappa shape index (κ1) is 21.8. The van der Waals surface area contributed by atoms with Gasteiger partial charge in [-0.25, -0.2) is 4.57 Å². The van der Waals surface area contributed by atoms with Gasteiger partial charge in [0, 0.05) is 38.4 Å². The summed E-state index contributed by atoms with van der Waals surface area (Å²) in [6.45, 7) is 0. The molecule has 1 N–H and O–H groups in total. The number of aromatic hydroxyl groups is 1. The summed E-state index contributed by atoms with van der Waals surface area (Å²) in [7, 11) is 0. The maximum absolute atomic E-state index is 10.6. The number of pyridine rings is 2. The molecule has 0 fully saturated rings. The molecule has 0 saturated carbocycles. The largest absolute Gasteiger partial charge is 0.480 e. The number of benzene rings is 3. The van der Waals surface area contributed by atoms with E-state index in [0.717, 1.165) is 27.5 Å². The zero-order valence-electron chi connectivity index (χ0n) is 17.7. The fourth-order valence-electron chi connectivity index (χ4n) is 3.87. The third kappa shape index (κ3) is 3.93. The van der Waals surface area contributed by atoms with Crippen LogP contribution in [0.3, 0.4) is 0 Å². The van der Waals surface area contributed by atoms with Gasteiger partial charge in [-0.2, -0.15) is 9.97 Å². The third-order valence-corrected chi connectivity index (χ3v) is 5.38. The van der Waals surface area contributed by atoms with Crippen molar-refractivity contribution in [2.45, 2.75) is 0 Å². The summed E-state index contributed by atoms with van der Waals surface area (Å²) in [5, 5.41) is 12.3. The van der Waals surface area contributed by atoms with Crippen LogP contribution in [0.4, 0.5) is 0 Å². The molecule has 6 nitrogen and oxygen atoms in total. The van der Waals surface area contributed by atoms with Crippen molar-refractivity contribution in [1.82, 2.24) is 19.5 Å². The van der Waals surface area contributed by atoms with Gasteiger partial charge in [-0.1, -0.05) is 48.5 Å². The first-order valence-electron chi connectivity index (χ1n) is 10.4. The SMILES string of the molecule is Oc1nc2ccccc2n1-c1cc2ccccc2c(Oc2[c-]c(-c3ccccn3)ccc2)n1.[Pt]. The zero-order chi connectivity index (χ0) is 22.2. The van der Waals surface area contributed by atoms with Crippen LogP contribution in [0.5, 0.6) is 17.6 Å². The second kappa shape index (κ2) is 9.08. The third-order valence-electron chi connectivity index (χ3n) is 5.38. The van der Waals surface area contributed by atoms with E-state index in [9.17, 15) is 5.11 Å². The van der Waals surface area contributed by atoms with E-state index < -0.39 is 0 Å². The Hall–Kier alpha value is -4.02. The van der Waals surface area contributed by atoms with E-state index >= 15 is 0 Å². The molecule has 168 valence electrons. The van der Waals surface area contributed by atoms with Crippen LogP contribution in [0.2, 0.25) is 0 Å². The van der Waals surface area contributed by atoms with E-state index in [0.29, 0.717) is 23.0 Å². The Morgan fingerprint density at radius 3 is 2.53 bits per heavy atom. The molecule has 7 heteroatoms. The molecule has 0 atom stereocenters. The van der Waals surface area contributed by atoms with Crippen LogP contribution in [-0.4, -0.2) is 24.6 Å². The van der Waals surface area contributed by atoms with Crippen molar-refractivity contribution in [3.05, 3.63) is 103 Å². The average Bonchev–Trinajstić information content (AvgIpc) is 3.20. The van der Waals surface area contributed by atoms with Gasteiger partial charge in [0.1, 0.15) is 5.82 Å². The number of fused-ring (bicyclic) bond motifs is 2. The van der Waals surface area contributed by atoms with Gasteiger partial charge < -0.3 is 14.8 Å². The maximum atomic E-state index is 10.6. The molecule has 34 heavy (non-hydrogen) atoms. The molecule has 0 bridgehead atoms. The summed E-state index contributed by atoms with van der Waals surface area (Å²) in [5.74, 6) is 1.44. The standard InChI is InChI=1S/C27H17N4O2.Pt/c32-27-29-23-13-3-4-14-24(23)31(27)25-17-18-8-1-2-11-21(18)26(30-25)33-20-10-7-9-19(16-20)22-12-5-6-15-28-22;/h1-15,17H,(H,29,32);/q-1;. The van der Waals surface area contributed by atoms with E-state index in [-0.39, 0.29) is 27.1 Å². The monoisotopic (exact) mass is 624 g/mol. The van der Waals surface area contributed by atoms with E-state index in [1.807, 2.05) is 91.0 Å². The number of imidazole rings is 1. The maximum Gasteiger partial charge on any atom is 0.300 e. The van der Waals surface area contributed by atoms with Gasteiger partial charge in [-0.05, 0) is 41.4 Å². The minimum Gasteiger partial charge on any atom is -0.480 e. The topological polar surface area (TPSA) is 73.1 Å². The molecule has 6 rings (SSSR count). The van der Waals surface area contributed by atoms with Gasteiger partial charge in [0.25, 0.3) is 0 Å². The molecule has 3 heterocycles. The Morgan fingerprint density at radius 1 is 0.824 bits per heavy atom. The Balaban J connectivity index is 0.00000241. The Labute approximate surface area is 209 Å². The first-order chi connectivity index (χ1) is 16.3. The molecule has 6 aromatic rings. The summed E-state index contributed by atoms with van der Waals surface area (Å²) in [5.41, 5.74) is 3.08. The zero-order valence-corrected chi connectivity index (χ0v) is 20.0. The second-order valence-electron chi connectivity index (χ2n) is 7.49. The minimum atomic E-state index is -0.131. The summed E-state index contributed by atoms with van der Waals surface area (Å²) in [6, 6.07) is 31.8. The fraction of sp³-hybridized carbons (Fsp3) is 0. The van der Waals surface area contributed by atoms with Gasteiger partial charge in [0.15, 0.2) is 0 Å².